The minimum Gasteiger partial charge on any atom is -0.475 e. The molecule has 0 atom stereocenters. The van der Waals surface area contributed by atoms with Crippen LogP contribution in [0.1, 0.15) is 32.0 Å². The van der Waals surface area contributed by atoms with Gasteiger partial charge in [-0.2, -0.15) is 13.2 Å². The van der Waals surface area contributed by atoms with E-state index in [9.17, 15) is 22.8 Å². The van der Waals surface area contributed by atoms with Crippen molar-refractivity contribution in [2.75, 3.05) is 13.6 Å². The van der Waals surface area contributed by atoms with Crippen molar-refractivity contribution in [3.8, 4) is 22.5 Å². The molecule has 0 saturated carbocycles. The molecule has 0 bridgehead atoms. The van der Waals surface area contributed by atoms with Crippen LogP contribution in [0.4, 0.5) is 13.2 Å². The van der Waals surface area contributed by atoms with E-state index in [-0.39, 0.29) is 11.8 Å². The first-order chi connectivity index (χ1) is 19.0. The molecule has 2 aromatic carbocycles. The molecule has 0 saturated heterocycles. The predicted octanol–water partition coefficient (Wildman–Crippen LogP) is 4.94. The minimum absolute atomic E-state index is 0.0256. The molecule has 1 aliphatic rings. The van der Waals surface area contributed by atoms with Crippen LogP contribution in [0.5, 0.6) is 0 Å². The van der Waals surface area contributed by atoms with Gasteiger partial charge < -0.3 is 20.3 Å². The maximum absolute atomic E-state index is 12.8. The standard InChI is InChI=1S/C27H24N4O2.C2HF3O2/c1-31(17-18-5-3-2-4-6-18)27(33)20-9-7-19(8-10-20)24-15-21(11-13-28-24)25-16-22-23(30-25)12-14-29-26(22)32;3-2(4,5)1(6)7/h2-11,13,15-16,30H,12,14,17H2,1H3,(H,29,32);(H,6,7). The summed E-state index contributed by atoms with van der Waals surface area (Å²) < 4.78 is 31.7. The summed E-state index contributed by atoms with van der Waals surface area (Å²) in [5.41, 5.74) is 6.99. The fourth-order valence-electron chi connectivity index (χ4n) is 4.14. The van der Waals surface area contributed by atoms with Crippen molar-refractivity contribution >= 4 is 17.8 Å². The van der Waals surface area contributed by atoms with E-state index in [1.165, 1.54) is 0 Å². The molecule has 3 heterocycles. The molecular formula is C29H25F3N4O4. The lowest BCUT2D eigenvalue weighted by Crippen LogP contribution is -2.31. The highest BCUT2D eigenvalue weighted by molar-refractivity contribution is 5.98. The number of pyridine rings is 1. The molecule has 0 unspecified atom stereocenters. The van der Waals surface area contributed by atoms with Gasteiger partial charge in [0.15, 0.2) is 0 Å². The van der Waals surface area contributed by atoms with Gasteiger partial charge in [0.1, 0.15) is 0 Å². The van der Waals surface area contributed by atoms with Gasteiger partial charge in [-0.3, -0.25) is 14.6 Å². The Hall–Kier alpha value is -4.93. The van der Waals surface area contributed by atoms with Crippen molar-refractivity contribution in [2.24, 2.45) is 0 Å². The average Bonchev–Trinajstić information content (AvgIpc) is 3.39. The first kappa shape index (κ1) is 28.1. The number of carbonyl (C=O) groups excluding carboxylic acids is 2. The van der Waals surface area contributed by atoms with Gasteiger partial charge in [-0.25, -0.2) is 4.79 Å². The number of fused-ring (bicyclic) bond motifs is 1. The number of hydrogen-bond acceptors (Lipinski definition) is 4. The van der Waals surface area contributed by atoms with Crippen molar-refractivity contribution in [2.45, 2.75) is 19.1 Å². The number of rotatable bonds is 5. The summed E-state index contributed by atoms with van der Waals surface area (Å²) in [6, 6.07) is 23.3. The molecule has 2 amide bonds. The summed E-state index contributed by atoms with van der Waals surface area (Å²) >= 11 is 0. The second kappa shape index (κ2) is 11.9. The number of nitrogens with zero attached hydrogens (tertiary/aromatic N) is 2. The summed E-state index contributed by atoms with van der Waals surface area (Å²) in [5.74, 6) is -2.82. The number of amides is 2. The van der Waals surface area contributed by atoms with Crippen LogP contribution in [0.15, 0.2) is 79.0 Å². The Morgan fingerprint density at radius 1 is 1.00 bits per heavy atom. The highest BCUT2D eigenvalue weighted by atomic mass is 19.4. The number of H-pyrrole nitrogens is 1. The van der Waals surface area contributed by atoms with Crippen molar-refractivity contribution in [3.05, 3.63) is 101 Å². The Morgan fingerprint density at radius 3 is 2.30 bits per heavy atom. The Labute approximate surface area is 227 Å². The highest BCUT2D eigenvalue weighted by Crippen LogP contribution is 2.27. The number of benzene rings is 2. The Bertz CT molecular complexity index is 1520. The van der Waals surface area contributed by atoms with Gasteiger partial charge in [-0.05, 0) is 35.9 Å². The molecule has 1 aliphatic heterocycles. The monoisotopic (exact) mass is 550 g/mol. The lowest BCUT2D eigenvalue weighted by atomic mass is 10.0. The summed E-state index contributed by atoms with van der Waals surface area (Å²) in [6.45, 7) is 1.21. The largest absolute Gasteiger partial charge is 0.490 e. The van der Waals surface area contributed by atoms with Crippen molar-refractivity contribution in [1.29, 1.82) is 0 Å². The third-order valence-corrected chi connectivity index (χ3v) is 6.15. The fraction of sp³-hybridized carbons (Fsp3) is 0.172. The number of hydrogen-bond donors (Lipinski definition) is 3. The molecule has 40 heavy (non-hydrogen) atoms. The maximum Gasteiger partial charge on any atom is 0.490 e. The molecule has 11 heteroatoms. The summed E-state index contributed by atoms with van der Waals surface area (Å²) in [4.78, 5) is 43.4. The van der Waals surface area contributed by atoms with E-state index in [4.69, 9.17) is 9.90 Å². The van der Waals surface area contributed by atoms with E-state index in [2.05, 4.69) is 15.3 Å². The molecular weight excluding hydrogens is 525 g/mol. The van der Waals surface area contributed by atoms with Crippen molar-refractivity contribution in [1.82, 2.24) is 20.2 Å². The molecule has 2 aromatic heterocycles. The number of carboxylic acids is 1. The zero-order valence-electron chi connectivity index (χ0n) is 21.3. The number of carbonyl (C=O) groups is 3. The summed E-state index contributed by atoms with van der Waals surface area (Å²) in [5, 5.41) is 10.00. The Balaban J connectivity index is 0.000000470. The quantitative estimate of drug-likeness (QED) is 0.326. The molecule has 0 aliphatic carbocycles. The first-order valence-electron chi connectivity index (χ1n) is 12.2. The van der Waals surface area contributed by atoms with Crippen LogP contribution in [0.2, 0.25) is 0 Å². The topological polar surface area (TPSA) is 115 Å². The minimum atomic E-state index is -5.08. The van der Waals surface area contributed by atoms with Gasteiger partial charge >= 0.3 is 12.1 Å². The van der Waals surface area contributed by atoms with Crippen LogP contribution >= 0.6 is 0 Å². The van der Waals surface area contributed by atoms with Crippen LogP contribution in [-0.4, -0.2) is 57.5 Å². The van der Waals surface area contributed by atoms with Gasteiger partial charge in [-0.1, -0.05) is 42.5 Å². The van der Waals surface area contributed by atoms with Gasteiger partial charge in [0.25, 0.3) is 11.8 Å². The molecule has 0 spiro atoms. The second-order valence-electron chi connectivity index (χ2n) is 9.04. The molecule has 0 fully saturated rings. The van der Waals surface area contributed by atoms with Crippen LogP contribution in [0.3, 0.4) is 0 Å². The van der Waals surface area contributed by atoms with Gasteiger partial charge in [0.2, 0.25) is 0 Å². The van der Waals surface area contributed by atoms with Crippen LogP contribution in [0, 0.1) is 0 Å². The maximum atomic E-state index is 12.8. The lowest BCUT2D eigenvalue weighted by Gasteiger charge is -2.17. The average molecular weight is 551 g/mol. The fourth-order valence-corrected chi connectivity index (χ4v) is 4.14. The molecule has 3 N–H and O–H groups in total. The molecule has 4 aromatic rings. The van der Waals surface area contributed by atoms with Gasteiger partial charge in [0.05, 0.1) is 11.3 Å². The number of carboxylic acid groups (broad SMARTS) is 1. The number of halogens is 3. The number of aromatic nitrogens is 2. The number of nitrogens with one attached hydrogen (secondary N) is 2. The zero-order valence-corrected chi connectivity index (χ0v) is 21.3. The smallest absolute Gasteiger partial charge is 0.475 e. The normalized spacial score (nSPS) is 12.4. The number of aliphatic carboxylic acids is 1. The second-order valence-corrected chi connectivity index (χ2v) is 9.04. The lowest BCUT2D eigenvalue weighted by molar-refractivity contribution is -0.192. The summed E-state index contributed by atoms with van der Waals surface area (Å²) in [6.07, 6.45) is -2.52. The number of alkyl halides is 3. The highest BCUT2D eigenvalue weighted by Gasteiger charge is 2.38. The van der Waals surface area contributed by atoms with Gasteiger partial charge in [0, 0.05) is 60.8 Å². The van der Waals surface area contributed by atoms with Gasteiger partial charge in [-0.15, -0.1) is 0 Å². The van der Waals surface area contributed by atoms with Crippen molar-refractivity contribution in [3.63, 3.8) is 0 Å². The molecule has 0 radical (unpaired) electrons. The van der Waals surface area contributed by atoms with E-state index >= 15 is 0 Å². The molecule has 8 nitrogen and oxygen atoms in total. The van der Waals surface area contributed by atoms with Crippen LogP contribution in [-0.2, 0) is 17.8 Å². The van der Waals surface area contributed by atoms with E-state index in [1.807, 2.05) is 79.8 Å². The third-order valence-electron chi connectivity index (χ3n) is 6.15. The molecule has 5 rings (SSSR count). The van der Waals surface area contributed by atoms with Crippen molar-refractivity contribution < 1.29 is 32.7 Å². The molecule has 206 valence electrons. The number of aromatic amines is 1. The third kappa shape index (κ3) is 6.73. The SMILES string of the molecule is CN(Cc1ccccc1)C(=O)c1ccc(-c2cc(-c3cc4c([nH]3)CCNC4=O)ccn2)cc1.O=C(O)C(F)(F)F. The van der Waals surface area contributed by atoms with Crippen LogP contribution < -0.4 is 5.32 Å². The zero-order chi connectivity index (χ0) is 28.9. The van der Waals surface area contributed by atoms with Crippen LogP contribution in [0.25, 0.3) is 22.5 Å². The van der Waals surface area contributed by atoms with E-state index < -0.39 is 12.1 Å². The Kier molecular flexibility index (Phi) is 8.32. The first-order valence-corrected chi connectivity index (χ1v) is 12.2. The van der Waals surface area contributed by atoms with E-state index in [0.29, 0.717) is 24.2 Å². The summed E-state index contributed by atoms with van der Waals surface area (Å²) in [7, 11) is 1.81. The van der Waals surface area contributed by atoms with E-state index in [1.54, 1.807) is 11.1 Å². The predicted molar refractivity (Wildman–Crippen MR) is 141 cm³/mol. The Morgan fingerprint density at radius 2 is 1.68 bits per heavy atom. The van der Waals surface area contributed by atoms with E-state index in [0.717, 1.165) is 40.2 Å².